The van der Waals surface area contributed by atoms with Crippen LogP contribution in [0.2, 0.25) is 0 Å². The van der Waals surface area contributed by atoms with Crippen LogP contribution in [0.4, 0.5) is 11.4 Å². The van der Waals surface area contributed by atoms with Crippen molar-refractivity contribution in [2.45, 2.75) is 0 Å². The summed E-state index contributed by atoms with van der Waals surface area (Å²) < 4.78 is 16.0. The minimum absolute atomic E-state index is 0.0730. The Morgan fingerprint density at radius 1 is 1.06 bits per heavy atom. The molecule has 0 atom stereocenters. The SMILES string of the molecule is COCCOc1ccccc1C(=O)N(C)CC(=O)Nc1ccc(N2CCOCC2)cc1. The number of carbonyl (C=O) groups excluding carboxylic acids is 2. The molecule has 0 aromatic heterocycles. The zero-order chi connectivity index (χ0) is 22.1. The first-order chi connectivity index (χ1) is 15.1. The molecule has 0 unspecified atom stereocenters. The summed E-state index contributed by atoms with van der Waals surface area (Å²) in [5.74, 6) is -0.0888. The van der Waals surface area contributed by atoms with Crippen LogP contribution in [0.1, 0.15) is 10.4 Å². The quantitative estimate of drug-likeness (QED) is 0.619. The van der Waals surface area contributed by atoms with Gasteiger partial charge in [-0.05, 0) is 36.4 Å². The summed E-state index contributed by atoms with van der Waals surface area (Å²) in [6, 6.07) is 14.7. The second-order valence-electron chi connectivity index (χ2n) is 7.19. The Hall–Kier alpha value is -3.10. The predicted molar refractivity (Wildman–Crippen MR) is 119 cm³/mol. The highest BCUT2D eigenvalue weighted by Crippen LogP contribution is 2.21. The normalized spacial score (nSPS) is 13.5. The molecule has 0 aliphatic carbocycles. The van der Waals surface area contributed by atoms with Gasteiger partial charge in [-0.15, -0.1) is 0 Å². The Bertz CT molecular complexity index is 866. The van der Waals surface area contributed by atoms with Gasteiger partial charge in [-0.1, -0.05) is 12.1 Å². The molecule has 1 heterocycles. The van der Waals surface area contributed by atoms with Crippen molar-refractivity contribution in [3.63, 3.8) is 0 Å². The first-order valence-electron chi connectivity index (χ1n) is 10.3. The molecule has 2 aromatic rings. The molecule has 1 aliphatic heterocycles. The van der Waals surface area contributed by atoms with Crippen molar-refractivity contribution in [1.29, 1.82) is 0 Å². The summed E-state index contributed by atoms with van der Waals surface area (Å²) in [4.78, 5) is 28.9. The highest BCUT2D eigenvalue weighted by Gasteiger charge is 2.19. The maximum absolute atomic E-state index is 12.8. The van der Waals surface area contributed by atoms with Gasteiger partial charge in [0.2, 0.25) is 5.91 Å². The number of hydrogen-bond acceptors (Lipinski definition) is 6. The maximum atomic E-state index is 12.8. The highest BCUT2D eigenvalue weighted by atomic mass is 16.5. The molecule has 0 bridgehead atoms. The van der Waals surface area contributed by atoms with Crippen molar-refractivity contribution in [2.75, 3.05) is 70.4 Å². The number of carbonyl (C=O) groups is 2. The van der Waals surface area contributed by atoms with E-state index < -0.39 is 0 Å². The first-order valence-corrected chi connectivity index (χ1v) is 10.3. The molecule has 8 heteroatoms. The Morgan fingerprint density at radius 2 is 1.77 bits per heavy atom. The van der Waals surface area contributed by atoms with Crippen molar-refractivity contribution in [1.82, 2.24) is 4.90 Å². The van der Waals surface area contributed by atoms with Crippen LogP contribution < -0.4 is 15.0 Å². The van der Waals surface area contributed by atoms with Crippen LogP contribution in [-0.2, 0) is 14.3 Å². The second-order valence-corrected chi connectivity index (χ2v) is 7.19. The molecule has 0 spiro atoms. The van der Waals surface area contributed by atoms with E-state index >= 15 is 0 Å². The zero-order valence-corrected chi connectivity index (χ0v) is 18.0. The largest absolute Gasteiger partial charge is 0.490 e. The van der Waals surface area contributed by atoms with Gasteiger partial charge in [-0.3, -0.25) is 9.59 Å². The number of likely N-dealkylation sites (N-methyl/N-ethyl adjacent to an activating group) is 1. The predicted octanol–water partition coefficient (Wildman–Crippen LogP) is 2.26. The van der Waals surface area contributed by atoms with Crippen molar-refractivity contribution in [3.8, 4) is 5.75 Å². The number of amides is 2. The van der Waals surface area contributed by atoms with Gasteiger partial charge in [0, 0.05) is 38.6 Å². The van der Waals surface area contributed by atoms with Gasteiger partial charge in [-0.25, -0.2) is 0 Å². The zero-order valence-electron chi connectivity index (χ0n) is 18.0. The van der Waals surface area contributed by atoms with Crippen molar-refractivity contribution in [3.05, 3.63) is 54.1 Å². The van der Waals surface area contributed by atoms with Crippen molar-refractivity contribution >= 4 is 23.2 Å². The van der Waals surface area contributed by atoms with Gasteiger partial charge in [0.1, 0.15) is 12.4 Å². The Morgan fingerprint density at radius 3 is 2.48 bits per heavy atom. The Kier molecular flexibility index (Phi) is 8.26. The number of methoxy groups -OCH3 is 1. The van der Waals surface area contributed by atoms with E-state index in [1.807, 2.05) is 24.3 Å². The van der Waals surface area contributed by atoms with E-state index in [-0.39, 0.29) is 18.4 Å². The average Bonchev–Trinajstić information content (AvgIpc) is 2.80. The van der Waals surface area contributed by atoms with E-state index in [1.165, 1.54) is 4.90 Å². The fourth-order valence-corrected chi connectivity index (χ4v) is 3.27. The number of nitrogens with zero attached hydrogens (tertiary/aromatic N) is 2. The smallest absolute Gasteiger partial charge is 0.257 e. The van der Waals surface area contributed by atoms with Gasteiger partial charge in [0.05, 0.1) is 31.9 Å². The molecule has 31 heavy (non-hydrogen) atoms. The molecule has 166 valence electrons. The van der Waals surface area contributed by atoms with E-state index in [1.54, 1.807) is 38.4 Å². The summed E-state index contributed by atoms with van der Waals surface area (Å²) in [6.45, 7) is 3.84. The molecule has 1 saturated heterocycles. The monoisotopic (exact) mass is 427 g/mol. The van der Waals surface area contributed by atoms with E-state index in [2.05, 4.69) is 10.2 Å². The fraction of sp³-hybridized carbons (Fsp3) is 0.391. The lowest BCUT2D eigenvalue weighted by atomic mass is 10.1. The number of ether oxygens (including phenoxy) is 3. The lowest BCUT2D eigenvalue weighted by Gasteiger charge is -2.28. The molecular formula is C23H29N3O5. The molecule has 2 aromatic carbocycles. The molecule has 2 amide bonds. The highest BCUT2D eigenvalue weighted by molar-refractivity contribution is 6.00. The summed E-state index contributed by atoms with van der Waals surface area (Å²) in [6.07, 6.45) is 0. The number of benzene rings is 2. The average molecular weight is 428 g/mol. The first kappa shape index (κ1) is 22.6. The van der Waals surface area contributed by atoms with Crippen LogP contribution in [0.3, 0.4) is 0 Å². The molecule has 0 radical (unpaired) electrons. The summed E-state index contributed by atoms with van der Waals surface area (Å²) >= 11 is 0. The topological polar surface area (TPSA) is 80.3 Å². The number of anilines is 2. The number of rotatable bonds is 9. The molecule has 1 N–H and O–H groups in total. The van der Waals surface area contributed by atoms with E-state index in [9.17, 15) is 9.59 Å². The van der Waals surface area contributed by atoms with Gasteiger partial charge in [0.15, 0.2) is 0 Å². The number of nitrogens with one attached hydrogen (secondary N) is 1. The molecular weight excluding hydrogens is 398 g/mol. The third kappa shape index (κ3) is 6.44. The summed E-state index contributed by atoms with van der Waals surface area (Å²) in [5.41, 5.74) is 2.19. The van der Waals surface area contributed by atoms with Crippen LogP contribution in [0.25, 0.3) is 0 Å². The van der Waals surface area contributed by atoms with Crippen LogP contribution in [0, 0.1) is 0 Å². The van der Waals surface area contributed by atoms with Crippen molar-refractivity contribution in [2.24, 2.45) is 0 Å². The Labute approximate surface area is 182 Å². The van der Waals surface area contributed by atoms with Crippen LogP contribution in [0.15, 0.2) is 48.5 Å². The van der Waals surface area contributed by atoms with E-state index in [0.29, 0.717) is 30.2 Å². The van der Waals surface area contributed by atoms with Crippen LogP contribution >= 0.6 is 0 Å². The van der Waals surface area contributed by atoms with Gasteiger partial charge in [0.25, 0.3) is 5.91 Å². The minimum Gasteiger partial charge on any atom is -0.490 e. The molecule has 1 fully saturated rings. The lowest BCUT2D eigenvalue weighted by molar-refractivity contribution is -0.116. The maximum Gasteiger partial charge on any atom is 0.257 e. The standard InChI is InChI=1S/C23H29N3O5/c1-25(23(28)20-5-3-4-6-21(20)31-16-15-29-2)17-22(27)24-18-7-9-19(10-8-18)26-11-13-30-14-12-26/h3-10H,11-17H2,1-2H3,(H,24,27). The Balaban J connectivity index is 1.55. The van der Waals surface area contributed by atoms with E-state index in [0.717, 1.165) is 32.0 Å². The number of morpholine rings is 1. The van der Waals surface area contributed by atoms with Crippen LogP contribution in [-0.4, -0.2) is 76.9 Å². The minimum atomic E-state index is -0.286. The third-order valence-corrected chi connectivity index (χ3v) is 4.92. The second kappa shape index (κ2) is 11.3. The van der Waals surface area contributed by atoms with E-state index in [4.69, 9.17) is 14.2 Å². The van der Waals surface area contributed by atoms with Crippen LogP contribution in [0.5, 0.6) is 5.75 Å². The summed E-state index contributed by atoms with van der Waals surface area (Å²) in [7, 11) is 3.18. The molecule has 1 aliphatic rings. The number of hydrogen-bond donors (Lipinski definition) is 1. The lowest BCUT2D eigenvalue weighted by Crippen LogP contribution is -2.36. The number of para-hydroxylation sites is 1. The molecule has 0 saturated carbocycles. The molecule has 3 rings (SSSR count). The molecule has 8 nitrogen and oxygen atoms in total. The van der Waals surface area contributed by atoms with Gasteiger partial charge in [-0.2, -0.15) is 0 Å². The fourth-order valence-electron chi connectivity index (χ4n) is 3.27. The van der Waals surface area contributed by atoms with Gasteiger partial charge < -0.3 is 29.3 Å². The van der Waals surface area contributed by atoms with Gasteiger partial charge >= 0.3 is 0 Å². The summed E-state index contributed by atoms with van der Waals surface area (Å²) in [5, 5.41) is 2.84. The third-order valence-electron chi connectivity index (χ3n) is 4.92. The van der Waals surface area contributed by atoms with Crippen molar-refractivity contribution < 1.29 is 23.8 Å².